The molecule has 0 aliphatic carbocycles. The number of aryl methyl sites for hydroxylation is 2. The average Bonchev–Trinajstić information content (AvgIpc) is 2.73. The van der Waals surface area contributed by atoms with Gasteiger partial charge in [-0.25, -0.2) is 0 Å². The quantitative estimate of drug-likeness (QED) is 0.845. The molecule has 0 saturated heterocycles. The highest BCUT2D eigenvalue weighted by Crippen LogP contribution is 2.04. The van der Waals surface area contributed by atoms with Crippen molar-refractivity contribution in [3.8, 4) is 0 Å². The molecule has 0 aliphatic heterocycles. The van der Waals surface area contributed by atoms with E-state index in [2.05, 4.69) is 21.6 Å². The Morgan fingerprint density at radius 3 is 2.82 bits per heavy atom. The summed E-state index contributed by atoms with van der Waals surface area (Å²) in [4.78, 5) is 11.7. The molecule has 0 bridgehead atoms. The fourth-order valence-electron chi connectivity index (χ4n) is 1.63. The number of hydrogen-bond donors (Lipinski definition) is 2. The summed E-state index contributed by atoms with van der Waals surface area (Å²) >= 11 is 0. The van der Waals surface area contributed by atoms with Crippen LogP contribution in [-0.2, 0) is 6.54 Å². The topological polar surface area (TPSA) is 57.8 Å². The van der Waals surface area contributed by atoms with E-state index in [1.165, 1.54) is 5.56 Å². The molecule has 0 spiro atoms. The number of aromatic amines is 1. The van der Waals surface area contributed by atoms with Crippen molar-refractivity contribution in [3.63, 3.8) is 0 Å². The van der Waals surface area contributed by atoms with Crippen molar-refractivity contribution in [2.45, 2.75) is 20.4 Å². The monoisotopic (exact) mass is 229 g/mol. The van der Waals surface area contributed by atoms with E-state index in [9.17, 15) is 4.79 Å². The molecule has 1 aromatic carbocycles. The van der Waals surface area contributed by atoms with Crippen LogP contribution in [-0.4, -0.2) is 16.1 Å². The Morgan fingerprint density at radius 1 is 1.35 bits per heavy atom. The van der Waals surface area contributed by atoms with E-state index < -0.39 is 0 Å². The number of carbonyl (C=O) groups is 1. The van der Waals surface area contributed by atoms with Crippen molar-refractivity contribution >= 4 is 5.91 Å². The molecule has 0 fully saturated rings. The predicted octanol–water partition coefficient (Wildman–Crippen LogP) is 1.96. The number of aromatic nitrogens is 2. The number of amides is 1. The normalized spacial score (nSPS) is 10.2. The lowest BCUT2D eigenvalue weighted by molar-refractivity contribution is 0.0946. The Kier molecular flexibility index (Phi) is 3.23. The average molecular weight is 229 g/mol. The maximum Gasteiger partial charge on any atom is 0.272 e. The molecule has 0 atom stereocenters. The Bertz CT molecular complexity index is 531. The third-order valence-electron chi connectivity index (χ3n) is 2.47. The standard InChI is InChI=1S/C13H15N3O/c1-9-4-3-5-11(6-9)8-14-13(17)12-7-10(2)15-16-12/h3-7H,8H2,1-2H3,(H,14,17)(H,15,16). The lowest BCUT2D eigenvalue weighted by atomic mass is 10.1. The van der Waals surface area contributed by atoms with Gasteiger partial charge in [0.25, 0.3) is 5.91 Å². The van der Waals surface area contributed by atoms with Gasteiger partial charge < -0.3 is 5.32 Å². The SMILES string of the molecule is Cc1cccc(CNC(=O)c2cc(C)[nH]n2)c1. The molecule has 4 heteroatoms. The molecule has 2 aromatic rings. The highest BCUT2D eigenvalue weighted by atomic mass is 16.1. The largest absolute Gasteiger partial charge is 0.347 e. The third-order valence-corrected chi connectivity index (χ3v) is 2.47. The Hall–Kier alpha value is -2.10. The smallest absolute Gasteiger partial charge is 0.272 e. The van der Waals surface area contributed by atoms with Gasteiger partial charge in [-0.3, -0.25) is 9.89 Å². The van der Waals surface area contributed by atoms with Crippen molar-refractivity contribution in [3.05, 3.63) is 52.8 Å². The van der Waals surface area contributed by atoms with Crippen LogP contribution in [0.3, 0.4) is 0 Å². The fourth-order valence-corrected chi connectivity index (χ4v) is 1.63. The van der Waals surface area contributed by atoms with Crippen molar-refractivity contribution in [2.75, 3.05) is 0 Å². The lowest BCUT2D eigenvalue weighted by Crippen LogP contribution is -2.23. The van der Waals surface area contributed by atoms with E-state index in [-0.39, 0.29) is 5.91 Å². The molecule has 1 heterocycles. The van der Waals surface area contributed by atoms with Crippen molar-refractivity contribution < 1.29 is 4.79 Å². The number of H-pyrrole nitrogens is 1. The maximum absolute atomic E-state index is 11.7. The zero-order valence-corrected chi connectivity index (χ0v) is 9.95. The predicted molar refractivity (Wildman–Crippen MR) is 65.7 cm³/mol. The number of nitrogens with one attached hydrogen (secondary N) is 2. The zero-order valence-electron chi connectivity index (χ0n) is 9.95. The number of hydrogen-bond acceptors (Lipinski definition) is 2. The molecule has 88 valence electrons. The van der Waals surface area contributed by atoms with Crippen molar-refractivity contribution in [1.82, 2.24) is 15.5 Å². The Labute approximate surface area is 100 Å². The van der Waals surface area contributed by atoms with Gasteiger partial charge in [0.15, 0.2) is 0 Å². The maximum atomic E-state index is 11.7. The third kappa shape index (κ3) is 2.93. The number of nitrogens with zero attached hydrogens (tertiary/aromatic N) is 1. The number of rotatable bonds is 3. The molecule has 17 heavy (non-hydrogen) atoms. The molecular formula is C13H15N3O. The highest BCUT2D eigenvalue weighted by Gasteiger charge is 2.08. The van der Waals surface area contributed by atoms with Crippen LogP contribution in [0.25, 0.3) is 0 Å². The molecular weight excluding hydrogens is 214 g/mol. The minimum atomic E-state index is -0.157. The summed E-state index contributed by atoms with van der Waals surface area (Å²) in [7, 11) is 0. The second kappa shape index (κ2) is 4.82. The van der Waals surface area contributed by atoms with Crippen LogP contribution < -0.4 is 5.32 Å². The molecule has 2 rings (SSSR count). The Morgan fingerprint density at radius 2 is 2.18 bits per heavy atom. The molecule has 0 unspecified atom stereocenters. The fraction of sp³-hybridized carbons (Fsp3) is 0.231. The van der Waals surface area contributed by atoms with Crippen LogP contribution in [0, 0.1) is 13.8 Å². The summed E-state index contributed by atoms with van der Waals surface area (Å²) in [5, 5.41) is 9.49. The second-order valence-corrected chi connectivity index (χ2v) is 4.11. The van der Waals surface area contributed by atoms with Gasteiger partial charge in [0.2, 0.25) is 0 Å². The van der Waals surface area contributed by atoms with Crippen LogP contribution in [0.2, 0.25) is 0 Å². The molecule has 1 aromatic heterocycles. The molecule has 4 nitrogen and oxygen atoms in total. The van der Waals surface area contributed by atoms with E-state index >= 15 is 0 Å². The van der Waals surface area contributed by atoms with E-state index in [0.717, 1.165) is 11.3 Å². The van der Waals surface area contributed by atoms with Gasteiger partial charge in [0.05, 0.1) is 0 Å². The van der Waals surface area contributed by atoms with E-state index in [1.54, 1.807) is 6.07 Å². The second-order valence-electron chi connectivity index (χ2n) is 4.11. The van der Waals surface area contributed by atoms with Gasteiger partial charge in [-0.05, 0) is 25.5 Å². The van der Waals surface area contributed by atoms with Crippen molar-refractivity contribution in [1.29, 1.82) is 0 Å². The van der Waals surface area contributed by atoms with E-state index in [0.29, 0.717) is 12.2 Å². The first-order valence-corrected chi connectivity index (χ1v) is 5.51. The van der Waals surface area contributed by atoms with E-state index in [4.69, 9.17) is 0 Å². The van der Waals surface area contributed by atoms with Crippen LogP contribution >= 0.6 is 0 Å². The molecule has 2 N–H and O–H groups in total. The van der Waals surface area contributed by atoms with Crippen LogP contribution in [0.4, 0.5) is 0 Å². The van der Waals surface area contributed by atoms with Gasteiger partial charge in [0, 0.05) is 12.2 Å². The van der Waals surface area contributed by atoms with Gasteiger partial charge >= 0.3 is 0 Å². The molecule has 0 saturated carbocycles. The summed E-state index contributed by atoms with van der Waals surface area (Å²) in [6.45, 7) is 4.42. The van der Waals surface area contributed by atoms with Gasteiger partial charge in [-0.15, -0.1) is 0 Å². The lowest BCUT2D eigenvalue weighted by Gasteiger charge is -2.04. The first-order valence-electron chi connectivity index (χ1n) is 5.51. The minimum absolute atomic E-state index is 0.157. The van der Waals surface area contributed by atoms with Crippen molar-refractivity contribution in [2.24, 2.45) is 0 Å². The highest BCUT2D eigenvalue weighted by molar-refractivity contribution is 5.92. The summed E-state index contributed by atoms with van der Waals surface area (Å²) < 4.78 is 0. The summed E-state index contributed by atoms with van der Waals surface area (Å²) in [5.74, 6) is -0.157. The van der Waals surface area contributed by atoms with Crippen LogP contribution in [0.1, 0.15) is 27.3 Å². The van der Waals surface area contributed by atoms with E-state index in [1.807, 2.05) is 32.0 Å². The molecule has 0 radical (unpaired) electrons. The first-order chi connectivity index (χ1) is 8.15. The molecule has 0 aliphatic rings. The first kappa shape index (κ1) is 11.4. The zero-order chi connectivity index (χ0) is 12.3. The number of carbonyl (C=O) groups excluding carboxylic acids is 1. The van der Waals surface area contributed by atoms with Gasteiger partial charge in [0.1, 0.15) is 5.69 Å². The van der Waals surface area contributed by atoms with Crippen LogP contribution in [0.15, 0.2) is 30.3 Å². The minimum Gasteiger partial charge on any atom is -0.347 e. The Balaban J connectivity index is 1.97. The van der Waals surface area contributed by atoms with Gasteiger partial charge in [-0.2, -0.15) is 5.10 Å². The number of benzene rings is 1. The molecule has 1 amide bonds. The van der Waals surface area contributed by atoms with Crippen LogP contribution in [0.5, 0.6) is 0 Å². The summed E-state index contributed by atoms with van der Waals surface area (Å²) in [6, 6.07) is 9.78. The van der Waals surface area contributed by atoms with Gasteiger partial charge in [-0.1, -0.05) is 29.8 Å². The summed E-state index contributed by atoms with van der Waals surface area (Å²) in [6.07, 6.45) is 0. The summed E-state index contributed by atoms with van der Waals surface area (Å²) in [5.41, 5.74) is 3.58.